The van der Waals surface area contributed by atoms with Crippen molar-refractivity contribution in [1.29, 1.82) is 0 Å². The van der Waals surface area contributed by atoms with E-state index >= 15 is 0 Å². The van der Waals surface area contributed by atoms with Crippen LogP contribution in [0.5, 0.6) is 0 Å². The second kappa shape index (κ2) is 9.22. The van der Waals surface area contributed by atoms with Gasteiger partial charge >= 0.3 is 0 Å². The predicted molar refractivity (Wildman–Crippen MR) is 125 cm³/mol. The molecule has 2 N–H and O–H groups in total. The van der Waals surface area contributed by atoms with Crippen LogP contribution in [0.25, 0.3) is 0 Å². The molecule has 2 heterocycles. The molecule has 0 spiro atoms. The van der Waals surface area contributed by atoms with E-state index in [0.29, 0.717) is 16.7 Å². The highest BCUT2D eigenvalue weighted by atomic mass is 32.1. The van der Waals surface area contributed by atoms with Crippen molar-refractivity contribution in [2.24, 2.45) is 0 Å². The summed E-state index contributed by atoms with van der Waals surface area (Å²) in [6.45, 7) is 9.38. The summed E-state index contributed by atoms with van der Waals surface area (Å²) < 4.78 is 0. The highest BCUT2D eigenvalue weighted by molar-refractivity contribution is 7.80. The summed E-state index contributed by atoms with van der Waals surface area (Å²) in [5.74, 6) is -0.0287. The number of piperidine rings is 1. The molecule has 2 amide bonds. The molecule has 0 radical (unpaired) electrons. The molecule has 1 saturated heterocycles. The van der Waals surface area contributed by atoms with Crippen LogP contribution in [0.2, 0.25) is 0 Å². The first kappa shape index (κ1) is 22.4. The lowest BCUT2D eigenvalue weighted by molar-refractivity contribution is -0.117. The van der Waals surface area contributed by atoms with Crippen LogP contribution in [0.4, 0.5) is 5.69 Å². The highest BCUT2D eigenvalue weighted by Gasteiger charge is 2.26. The van der Waals surface area contributed by atoms with Crippen molar-refractivity contribution in [2.75, 3.05) is 18.4 Å². The summed E-state index contributed by atoms with van der Waals surface area (Å²) in [5, 5.41) is 9.00. The van der Waals surface area contributed by atoms with Gasteiger partial charge in [-0.3, -0.25) is 9.59 Å². The van der Waals surface area contributed by atoms with Crippen LogP contribution in [-0.2, 0) is 10.2 Å². The molecule has 0 saturated carbocycles. The zero-order valence-corrected chi connectivity index (χ0v) is 19.5. The minimum atomic E-state index is -0.182. The number of thiazole rings is 1. The van der Waals surface area contributed by atoms with E-state index in [1.807, 2.05) is 34.5 Å². The topological polar surface area (TPSA) is 74.3 Å². The first-order chi connectivity index (χ1) is 14.1. The van der Waals surface area contributed by atoms with Crippen LogP contribution < -0.4 is 10.6 Å². The smallest absolute Gasteiger partial charge is 0.275 e. The Morgan fingerprint density at radius 3 is 2.50 bits per heavy atom. The SMILES string of the molecule is CC(=O)NC(=S)N1CCC(c2nc(C(=O)Nc3ccccc3C(C)(C)C)cs2)CC1. The monoisotopic (exact) mass is 444 g/mol. The molecule has 0 atom stereocenters. The summed E-state index contributed by atoms with van der Waals surface area (Å²) >= 11 is 6.80. The van der Waals surface area contributed by atoms with E-state index in [1.165, 1.54) is 18.3 Å². The molecular weight excluding hydrogens is 416 g/mol. The van der Waals surface area contributed by atoms with Gasteiger partial charge in [-0.1, -0.05) is 39.0 Å². The van der Waals surface area contributed by atoms with Crippen LogP contribution in [-0.4, -0.2) is 39.9 Å². The van der Waals surface area contributed by atoms with Gasteiger partial charge in [0.15, 0.2) is 5.11 Å². The lowest BCUT2D eigenvalue weighted by Gasteiger charge is -2.32. The van der Waals surface area contributed by atoms with Crippen LogP contribution >= 0.6 is 23.6 Å². The maximum atomic E-state index is 12.8. The predicted octanol–water partition coefficient (Wildman–Crippen LogP) is 4.29. The summed E-state index contributed by atoms with van der Waals surface area (Å²) in [6, 6.07) is 7.89. The van der Waals surface area contributed by atoms with E-state index in [9.17, 15) is 9.59 Å². The van der Waals surface area contributed by atoms with Crippen LogP contribution in [0.3, 0.4) is 0 Å². The van der Waals surface area contributed by atoms with Gasteiger partial charge < -0.3 is 15.5 Å². The fourth-order valence-corrected chi connectivity index (χ4v) is 4.87. The summed E-state index contributed by atoms with van der Waals surface area (Å²) in [4.78, 5) is 30.6. The molecule has 2 aromatic rings. The van der Waals surface area contributed by atoms with Crippen LogP contribution in [0, 0.1) is 0 Å². The van der Waals surface area contributed by atoms with Crippen LogP contribution in [0.1, 0.15) is 67.5 Å². The first-order valence-electron chi connectivity index (χ1n) is 10.1. The Bertz CT molecular complexity index is 941. The van der Waals surface area contributed by atoms with E-state index in [1.54, 1.807) is 0 Å². The number of aromatic nitrogens is 1. The highest BCUT2D eigenvalue weighted by Crippen LogP contribution is 2.32. The second-order valence-electron chi connectivity index (χ2n) is 8.57. The van der Waals surface area contributed by atoms with Crippen molar-refractivity contribution in [3.63, 3.8) is 0 Å². The van der Waals surface area contributed by atoms with Crippen molar-refractivity contribution >= 4 is 46.2 Å². The molecule has 160 valence electrons. The molecule has 30 heavy (non-hydrogen) atoms. The number of rotatable bonds is 3. The molecule has 8 heteroatoms. The van der Waals surface area contributed by atoms with Gasteiger partial charge in [0, 0.05) is 37.0 Å². The maximum Gasteiger partial charge on any atom is 0.275 e. The fourth-order valence-electron chi connectivity index (χ4n) is 3.57. The third-order valence-electron chi connectivity index (χ3n) is 5.15. The summed E-state index contributed by atoms with van der Waals surface area (Å²) in [5.41, 5.74) is 2.30. The third kappa shape index (κ3) is 5.43. The zero-order valence-electron chi connectivity index (χ0n) is 17.8. The number of hydrogen-bond donors (Lipinski definition) is 2. The van der Waals surface area contributed by atoms with Crippen molar-refractivity contribution < 1.29 is 9.59 Å². The van der Waals surface area contributed by atoms with E-state index in [0.717, 1.165) is 42.2 Å². The van der Waals surface area contributed by atoms with Gasteiger partial charge in [0.25, 0.3) is 5.91 Å². The Balaban J connectivity index is 1.63. The Kier molecular flexibility index (Phi) is 6.88. The number of carbonyl (C=O) groups excluding carboxylic acids is 2. The largest absolute Gasteiger partial charge is 0.349 e. The number of hydrogen-bond acceptors (Lipinski definition) is 5. The molecule has 0 aliphatic carbocycles. The Morgan fingerprint density at radius 1 is 1.20 bits per heavy atom. The average molecular weight is 445 g/mol. The molecule has 1 aromatic heterocycles. The number of likely N-dealkylation sites (tertiary alicyclic amines) is 1. The average Bonchev–Trinajstić information content (AvgIpc) is 3.17. The van der Waals surface area contributed by atoms with E-state index in [4.69, 9.17) is 12.2 Å². The molecule has 3 rings (SSSR count). The molecular formula is C22H28N4O2S2. The molecule has 0 bridgehead atoms. The number of thiocarbonyl (C=S) groups is 1. The molecule has 1 fully saturated rings. The lowest BCUT2D eigenvalue weighted by atomic mass is 9.86. The summed E-state index contributed by atoms with van der Waals surface area (Å²) in [7, 11) is 0. The number of nitrogens with one attached hydrogen (secondary N) is 2. The standard InChI is InChI=1S/C22H28N4O2S2/c1-14(27)23-21(29)26-11-9-15(10-12-26)20-25-18(13-30-20)19(28)24-17-8-6-5-7-16(17)22(2,3)4/h5-8,13,15H,9-12H2,1-4H3,(H,24,28)(H,23,27,29). The Hall–Kier alpha value is -2.32. The molecule has 6 nitrogen and oxygen atoms in total. The van der Waals surface area contributed by atoms with Crippen LogP contribution in [0.15, 0.2) is 29.6 Å². The van der Waals surface area contributed by atoms with Gasteiger partial charge in [-0.2, -0.15) is 0 Å². The normalized spacial score (nSPS) is 15.0. The van der Waals surface area contributed by atoms with E-state index in [-0.39, 0.29) is 17.2 Å². The van der Waals surface area contributed by atoms with Crippen molar-refractivity contribution in [2.45, 2.75) is 51.9 Å². The van der Waals surface area contributed by atoms with Gasteiger partial charge in [-0.05, 0) is 42.1 Å². The van der Waals surface area contributed by atoms with Gasteiger partial charge in [0.2, 0.25) is 5.91 Å². The second-order valence-corrected chi connectivity index (χ2v) is 9.84. The van der Waals surface area contributed by atoms with E-state index < -0.39 is 0 Å². The molecule has 1 aromatic carbocycles. The van der Waals surface area contributed by atoms with Gasteiger partial charge in [0.05, 0.1) is 5.01 Å². The zero-order chi connectivity index (χ0) is 21.9. The van der Waals surface area contributed by atoms with E-state index in [2.05, 4.69) is 36.4 Å². The van der Waals surface area contributed by atoms with Crippen molar-refractivity contribution in [3.8, 4) is 0 Å². The minimum absolute atomic E-state index is 0.0666. The Labute approximate surface area is 187 Å². The number of benzene rings is 1. The van der Waals surface area contributed by atoms with Gasteiger partial charge in [-0.15, -0.1) is 11.3 Å². The summed E-state index contributed by atoms with van der Waals surface area (Å²) in [6.07, 6.45) is 1.78. The number of carbonyl (C=O) groups is 2. The third-order valence-corrected chi connectivity index (χ3v) is 6.52. The lowest BCUT2D eigenvalue weighted by Crippen LogP contribution is -2.45. The molecule has 1 aliphatic rings. The minimum Gasteiger partial charge on any atom is -0.349 e. The van der Waals surface area contributed by atoms with Gasteiger partial charge in [-0.25, -0.2) is 4.98 Å². The first-order valence-corrected chi connectivity index (χ1v) is 11.4. The van der Waals surface area contributed by atoms with Crippen molar-refractivity contribution in [1.82, 2.24) is 15.2 Å². The number of para-hydroxylation sites is 1. The number of nitrogens with zero attached hydrogens (tertiary/aromatic N) is 2. The van der Waals surface area contributed by atoms with Crippen molar-refractivity contribution in [3.05, 3.63) is 45.9 Å². The molecule has 0 unspecified atom stereocenters. The molecule has 1 aliphatic heterocycles. The maximum absolute atomic E-state index is 12.8. The Morgan fingerprint density at radius 2 is 1.87 bits per heavy atom. The number of anilines is 1. The number of amides is 2. The quantitative estimate of drug-likeness (QED) is 0.691. The van der Waals surface area contributed by atoms with Gasteiger partial charge in [0.1, 0.15) is 5.69 Å². The fraction of sp³-hybridized carbons (Fsp3) is 0.455.